The minimum atomic E-state index is -0.700. The van der Waals surface area contributed by atoms with E-state index in [1.165, 1.54) is 0 Å². The standard InChI is InChI=1S/C26H28N2O5/c1-31-19-9-8-17(14-21(19)32-2)11-13-28-16-26-12-10-20(33-26)22(23(26)25(28)30)24(29)27-15-18-6-4-3-5-7-18/h3-10,12,14,20,22-23H,11,13,15-16H2,1-2H3,(H,27,29)/t20-,22?,23-,26?/m0/s1. The van der Waals surface area contributed by atoms with Gasteiger partial charge in [0.25, 0.3) is 0 Å². The summed E-state index contributed by atoms with van der Waals surface area (Å²) >= 11 is 0. The number of nitrogens with one attached hydrogen (secondary N) is 1. The van der Waals surface area contributed by atoms with Gasteiger partial charge in [0.05, 0.1) is 38.7 Å². The Morgan fingerprint density at radius 3 is 2.67 bits per heavy atom. The molecule has 0 aromatic heterocycles. The summed E-state index contributed by atoms with van der Waals surface area (Å²) in [4.78, 5) is 28.3. The first-order valence-corrected chi connectivity index (χ1v) is 11.2. The third-order valence-corrected chi connectivity index (χ3v) is 6.91. The molecule has 7 nitrogen and oxygen atoms in total. The highest BCUT2D eigenvalue weighted by Crippen LogP contribution is 2.51. The first kappa shape index (κ1) is 21.5. The number of carbonyl (C=O) groups excluding carboxylic acids is 2. The minimum absolute atomic E-state index is 0.0119. The van der Waals surface area contributed by atoms with E-state index < -0.39 is 17.4 Å². The van der Waals surface area contributed by atoms with Crippen LogP contribution in [-0.4, -0.2) is 55.7 Å². The lowest BCUT2D eigenvalue weighted by atomic mass is 9.77. The summed E-state index contributed by atoms with van der Waals surface area (Å²) in [7, 11) is 3.21. The molecule has 0 aliphatic carbocycles. The van der Waals surface area contributed by atoms with Crippen LogP contribution in [0.5, 0.6) is 11.5 Å². The Hall–Kier alpha value is -3.32. The monoisotopic (exact) mass is 448 g/mol. The van der Waals surface area contributed by atoms with Crippen LogP contribution in [0.1, 0.15) is 11.1 Å². The van der Waals surface area contributed by atoms with Gasteiger partial charge in [0.15, 0.2) is 11.5 Å². The molecule has 0 radical (unpaired) electrons. The van der Waals surface area contributed by atoms with Gasteiger partial charge in [0, 0.05) is 13.1 Å². The molecule has 2 saturated heterocycles. The Kier molecular flexibility index (Phi) is 5.58. The van der Waals surface area contributed by atoms with Crippen LogP contribution in [0.3, 0.4) is 0 Å². The van der Waals surface area contributed by atoms with E-state index in [4.69, 9.17) is 14.2 Å². The molecule has 33 heavy (non-hydrogen) atoms. The third-order valence-electron chi connectivity index (χ3n) is 6.91. The molecule has 2 unspecified atom stereocenters. The van der Waals surface area contributed by atoms with E-state index in [-0.39, 0.29) is 17.9 Å². The molecule has 0 saturated carbocycles. The molecule has 1 N–H and O–H groups in total. The predicted octanol–water partition coefficient (Wildman–Crippen LogP) is 2.34. The average Bonchev–Trinajstić information content (AvgIpc) is 3.49. The fraction of sp³-hybridized carbons (Fsp3) is 0.385. The highest BCUT2D eigenvalue weighted by atomic mass is 16.5. The number of likely N-dealkylation sites (tertiary alicyclic amines) is 1. The molecule has 5 rings (SSSR count). The molecular weight excluding hydrogens is 420 g/mol. The van der Waals surface area contributed by atoms with E-state index in [1.807, 2.05) is 65.6 Å². The van der Waals surface area contributed by atoms with Gasteiger partial charge < -0.3 is 24.4 Å². The first-order valence-electron chi connectivity index (χ1n) is 11.2. The maximum atomic E-state index is 13.4. The first-order chi connectivity index (χ1) is 16.0. The van der Waals surface area contributed by atoms with Crippen LogP contribution < -0.4 is 14.8 Å². The van der Waals surface area contributed by atoms with E-state index in [0.29, 0.717) is 37.6 Å². The zero-order valence-electron chi connectivity index (χ0n) is 18.8. The van der Waals surface area contributed by atoms with Gasteiger partial charge >= 0.3 is 0 Å². The smallest absolute Gasteiger partial charge is 0.230 e. The lowest BCUT2D eigenvalue weighted by molar-refractivity contribution is -0.137. The van der Waals surface area contributed by atoms with Crippen LogP contribution in [-0.2, 0) is 27.3 Å². The minimum Gasteiger partial charge on any atom is -0.493 e. The van der Waals surface area contributed by atoms with E-state index >= 15 is 0 Å². The number of rotatable bonds is 8. The van der Waals surface area contributed by atoms with Gasteiger partial charge in [-0.15, -0.1) is 0 Å². The molecule has 4 atom stereocenters. The molecule has 2 fully saturated rings. The topological polar surface area (TPSA) is 77.1 Å². The number of amides is 2. The zero-order chi connectivity index (χ0) is 23.0. The van der Waals surface area contributed by atoms with Crippen LogP contribution in [0.2, 0.25) is 0 Å². The van der Waals surface area contributed by atoms with Gasteiger partial charge in [0.2, 0.25) is 11.8 Å². The normalized spacial score (nSPS) is 27.0. The molecule has 7 heteroatoms. The summed E-state index contributed by atoms with van der Waals surface area (Å²) in [5.41, 5.74) is 1.37. The van der Waals surface area contributed by atoms with Crippen LogP contribution in [0.4, 0.5) is 0 Å². The number of benzene rings is 2. The fourth-order valence-corrected chi connectivity index (χ4v) is 5.27. The van der Waals surface area contributed by atoms with Gasteiger partial charge in [-0.25, -0.2) is 0 Å². The number of carbonyl (C=O) groups is 2. The van der Waals surface area contributed by atoms with Crippen molar-refractivity contribution in [2.45, 2.75) is 24.7 Å². The Balaban J connectivity index is 1.26. The van der Waals surface area contributed by atoms with Crippen molar-refractivity contribution in [3.63, 3.8) is 0 Å². The van der Waals surface area contributed by atoms with Crippen molar-refractivity contribution >= 4 is 11.8 Å². The maximum Gasteiger partial charge on any atom is 0.230 e. The van der Waals surface area contributed by atoms with Gasteiger partial charge in [0.1, 0.15) is 5.60 Å². The molecule has 2 aromatic rings. The summed E-state index contributed by atoms with van der Waals surface area (Å²) in [6.45, 7) is 1.45. The number of methoxy groups -OCH3 is 2. The van der Waals surface area contributed by atoms with Crippen LogP contribution in [0, 0.1) is 11.8 Å². The van der Waals surface area contributed by atoms with Gasteiger partial charge in [-0.1, -0.05) is 48.6 Å². The predicted molar refractivity (Wildman–Crippen MR) is 122 cm³/mol. The van der Waals surface area contributed by atoms with Crippen molar-refractivity contribution in [2.24, 2.45) is 11.8 Å². The van der Waals surface area contributed by atoms with Crippen LogP contribution in [0.15, 0.2) is 60.7 Å². The fourth-order valence-electron chi connectivity index (χ4n) is 5.27. The number of hydrogen-bond donors (Lipinski definition) is 1. The van der Waals surface area contributed by atoms with E-state index in [1.54, 1.807) is 14.2 Å². The molecule has 2 bridgehead atoms. The SMILES string of the molecule is COc1ccc(CCN2CC34C=C[C@H](O3)C(C(=O)NCc3ccccc3)[C@H]4C2=O)cc1OC. The average molecular weight is 449 g/mol. The maximum absolute atomic E-state index is 13.4. The van der Waals surface area contributed by atoms with Crippen molar-refractivity contribution in [3.8, 4) is 11.5 Å². The highest BCUT2D eigenvalue weighted by Gasteiger charge is 2.66. The van der Waals surface area contributed by atoms with E-state index in [0.717, 1.165) is 11.1 Å². The van der Waals surface area contributed by atoms with Gasteiger partial charge in [-0.2, -0.15) is 0 Å². The lowest BCUT2D eigenvalue weighted by Crippen LogP contribution is -2.44. The molecule has 3 heterocycles. The Morgan fingerprint density at radius 2 is 1.91 bits per heavy atom. The highest BCUT2D eigenvalue weighted by molar-refractivity contribution is 5.93. The van der Waals surface area contributed by atoms with Gasteiger partial charge in [-0.3, -0.25) is 9.59 Å². The summed E-state index contributed by atoms with van der Waals surface area (Å²) < 4.78 is 16.9. The second-order valence-electron chi connectivity index (χ2n) is 8.80. The summed E-state index contributed by atoms with van der Waals surface area (Å²) in [5, 5.41) is 3.00. The molecule has 3 aliphatic heterocycles. The Labute approximate surface area is 193 Å². The van der Waals surface area contributed by atoms with Gasteiger partial charge in [-0.05, 0) is 29.7 Å². The van der Waals surface area contributed by atoms with Crippen molar-refractivity contribution in [1.29, 1.82) is 0 Å². The largest absolute Gasteiger partial charge is 0.493 e. The lowest BCUT2D eigenvalue weighted by Gasteiger charge is -2.23. The molecule has 1 spiro atoms. The Morgan fingerprint density at radius 1 is 1.12 bits per heavy atom. The van der Waals surface area contributed by atoms with Crippen molar-refractivity contribution in [3.05, 3.63) is 71.8 Å². The molecule has 2 aromatic carbocycles. The van der Waals surface area contributed by atoms with E-state index in [2.05, 4.69) is 5.32 Å². The number of fused-ring (bicyclic) bond motifs is 1. The number of ether oxygens (including phenoxy) is 3. The molecule has 2 amide bonds. The molecule has 172 valence electrons. The number of nitrogens with zero attached hydrogens (tertiary/aromatic N) is 1. The summed E-state index contributed by atoms with van der Waals surface area (Å²) in [5.74, 6) is 0.216. The summed E-state index contributed by atoms with van der Waals surface area (Å²) in [6, 6.07) is 15.5. The second kappa shape index (κ2) is 8.56. The van der Waals surface area contributed by atoms with Crippen molar-refractivity contribution < 1.29 is 23.8 Å². The molecular formula is C26H28N2O5. The van der Waals surface area contributed by atoms with Crippen LogP contribution in [0.25, 0.3) is 0 Å². The molecule has 3 aliphatic rings. The Bertz CT molecular complexity index is 1090. The van der Waals surface area contributed by atoms with E-state index in [9.17, 15) is 9.59 Å². The second-order valence-corrected chi connectivity index (χ2v) is 8.80. The summed E-state index contributed by atoms with van der Waals surface area (Å²) in [6.07, 6.45) is 4.25. The third kappa shape index (κ3) is 3.76. The quantitative estimate of drug-likeness (QED) is 0.628. The zero-order valence-corrected chi connectivity index (χ0v) is 18.8. The van der Waals surface area contributed by atoms with Crippen molar-refractivity contribution in [1.82, 2.24) is 10.2 Å². The number of hydrogen-bond acceptors (Lipinski definition) is 5. The van der Waals surface area contributed by atoms with Crippen molar-refractivity contribution in [2.75, 3.05) is 27.3 Å². The van der Waals surface area contributed by atoms with Crippen LogP contribution >= 0.6 is 0 Å².